The summed E-state index contributed by atoms with van der Waals surface area (Å²) in [6.45, 7) is 8.82. The molecule has 1 aromatic rings. The molecule has 1 aromatic carbocycles. The van der Waals surface area contributed by atoms with Gasteiger partial charge in [-0.15, -0.1) is 11.8 Å². The second-order valence-electron chi connectivity index (χ2n) is 5.97. The second-order valence-corrected chi connectivity index (χ2v) is 6.98. The van der Waals surface area contributed by atoms with E-state index in [1.807, 2.05) is 25.1 Å². The molecule has 0 aliphatic heterocycles. The van der Waals surface area contributed by atoms with E-state index in [1.165, 1.54) is 5.56 Å². The Bertz CT molecular complexity index is 448. The lowest BCUT2D eigenvalue weighted by Crippen LogP contribution is -2.52. The fourth-order valence-electron chi connectivity index (χ4n) is 2.32. The highest BCUT2D eigenvalue weighted by atomic mass is 32.2. The van der Waals surface area contributed by atoms with E-state index in [9.17, 15) is 4.79 Å². The molecular weight excluding hydrogens is 268 g/mol. The van der Waals surface area contributed by atoms with Crippen molar-refractivity contribution in [2.45, 2.75) is 44.6 Å². The van der Waals surface area contributed by atoms with Gasteiger partial charge in [0.25, 0.3) is 0 Å². The minimum atomic E-state index is -0.308. The highest BCUT2D eigenvalue weighted by Gasteiger charge is 2.25. The van der Waals surface area contributed by atoms with E-state index >= 15 is 0 Å². The molecule has 1 amide bonds. The summed E-state index contributed by atoms with van der Waals surface area (Å²) < 4.78 is 0. The van der Waals surface area contributed by atoms with E-state index in [1.54, 1.807) is 11.8 Å². The van der Waals surface area contributed by atoms with Crippen molar-refractivity contribution in [1.82, 2.24) is 5.32 Å². The molecule has 0 spiro atoms. The molecule has 3 N–H and O–H groups in total. The maximum Gasteiger partial charge on any atom is 0.230 e. The quantitative estimate of drug-likeness (QED) is 0.760. The molecule has 20 heavy (non-hydrogen) atoms. The van der Waals surface area contributed by atoms with Crippen LogP contribution < -0.4 is 11.1 Å². The van der Waals surface area contributed by atoms with Crippen LogP contribution in [0.2, 0.25) is 0 Å². The zero-order valence-electron chi connectivity index (χ0n) is 12.9. The van der Waals surface area contributed by atoms with Crippen LogP contribution >= 0.6 is 11.8 Å². The fourth-order valence-corrected chi connectivity index (χ4v) is 3.15. The highest BCUT2D eigenvalue weighted by Crippen LogP contribution is 2.22. The number of rotatable bonds is 7. The molecule has 0 aliphatic rings. The van der Waals surface area contributed by atoms with E-state index in [4.69, 9.17) is 5.73 Å². The van der Waals surface area contributed by atoms with E-state index < -0.39 is 0 Å². The third-order valence-corrected chi connectivity index (χ3v) is 4.38. The molecule has 0 heterocycles. The van der Waals surface area contributed by atoms with Crippen molar-refractivity contribution >= 4 is 17.7 Å². The van der Waals surface area contributed by atoms with Crippen molar-refractivity contribution in [3.63, 3.8) is 0 Å². The Morgan fingerprint density at radius 1 is 1.40 bits per heavy atom. The number of nitrogens with one attached hydrogen (secondary N) is 1. The summed E-state index contributed by atoms with van der Waals surface area (Å²) in [5.41, 5.74) is 6.71. The lowest BCUT2D eigenvalue weighted by Gasteiger charge is -2.31. The molecular formula is C16H26N2OS. The third kappa shape index (κ3) is 5.55. The van der Waals surface area contributed by atoms with Crippen LogP contribution in [0.1, 0.15) is 32.8 Å². The first-order valence-electron chi connectivity index (χ1n) is 7.06. The molecule has 112 valence electrons. The molecule has 1 rings (SSSR count). The van der Waals surface area contributed by atoms with Gasteiger partial charge in [-0.3, -0.25) is 4.79 Å². The number of carbonyl (C=O) groups is 1. The van der Waals surface area contributed by atoms with Gasteiger partial charge in [-0.25, -0.2) is 0 Å². The van der Waals surface area contributed by atoms with Gasteiger partial charge >= 0.3 is 0 Å². The molecule has 0 radical (unpaired) electrons. The fraction of sp³-hybridized carbons (Fsp3) is 0.562. The van der Waals surface area contributed by atoms with Gasteiger partial charge in [0.1, 0.15) is 0 Å². The number of hydrogen-bond donors (Lipinski definition) is 2. The van der Waals surface area contributed by atoms with Crippen LogP contribution in [0.15, 0.2) is 29.2 Å². The molecule has 0 bridgehead atoms. The first-order chi connectivity index (χ1) is 9.36. The number of carbonyl (C=O) groups excluding carboxylic acids is 1. The Labute approximate surface area is 126 Å². The number of thioether (sulfide) groups is 1. The molecule has 0 aromatic heterocycles. The Morgan fingerprint density at radius 2 is 2.05 bits per heavy atom. The molecule has 0 saturated carbocycles. The van der Waals surface area contributed by atoms with E-state index in [-0.39, 0.29) is 11.4 Å². The summed E-state index contributed by atoms with van der Waals surface area (Å²) in [6.07, 6.45) is 0.893. The van der Waals surface area contributed by atoms with Crippen LogP contribution in [0.25, 0.3) is 0 Å². The zero-order chi connectivity index (χ0) is 15.2. The topological polar surface area (TPSA) is 55.1 Å². The predicted octanol–water partition coefficient (Wildman–Crippen LogP) is 2.97. The van der Waals surface area contributed by atoms with Crippen molar-refractivity contribution in [3.8, 4) is 0 Å². The molecule has 3 nitrogen and oxygen atoms in total. The summed E-state index contributed by atoms with van der Waals surface area (Å²) >= 11 is 1.57. The van der Waals surface area contributed by atoms with Gasteiger partial charge in [0, 0.05) is 17.0 Å². The first kappa shape index (κ1) is 17.1. The van der Waals surface area contributed by atoms with E-state index in [2.05, 4.69) is 32.2 Å². The molecule has 0 fully saturated rings. The van der Waals surface area contributed by atoms with Crippen LogP contribution in [-0.2, 0) is 4.79 Å². The average molecular weight is 294 g/mol. The van der Waals surface area contributed by atoms with Gasteiger partial charge in [-0.2, -0.15) is 0 Å². The molecule has 4 heteroatoms. The maximum absolute atomic E-state index is 12.1. The van der Waals surface area contributed by atoms with Crippen molar-refractivity contribution in [3.05, 3.63) is 29.8 Å². The molecule has 0 saturated heterocycles. The van der Waals surface area contributed by atoms with Gasteiger partial charge in [-0.1, -0.05) is 32.0 Å². The summed E-state index contributed by atoms with van der Waals surface area (Å²) in [6, 6.07) is 8.11. The van der Waals surface area contributed by atoms with Crippen molar-refractivity contribution in [2.75, 3.05) is 12.3 Å². The lowest BCUT2D eigenvalue weighted by molar-refractivity contribution is -0.120. The zero-order valence-corrected chi connectivity index (χ0v) is 13.7. The molecule has 1 atom stereocenters. The van der Waals surface area contributed by atoms with Crippen LogP contribution in [0, 0.1) is 12.8 Å². The van der Waals surface area contributed by atoms with Crippen LogP contribution in [0.5, 0.6) is 0 Å². The monoisotopic (exact) mass is 294 g/mol. The Balaban J connectivity index is 2.53. The maximum atomic E-state index is 12.1. The van der Waals surface area contributed by atoms with E-state index in [0.717, 1.165) is 11.3 Å². The second kappa shape index (κ2) is 7.70. The molecule has 0 aliphatic carbocycles. The Morgan fingerprint density at radius 3 is 2.60 bits per heavy atom. The number of benzene rings is 1. The van der Waals surface area contributed by atoms with Crippen molar-refractivity contribution in [1.29, 1.82) is 0 Å². The van der Waals surface area contributed by atoms with Crippen LogP contribution in [0.4, 0.5) is 0 Å². The summed E-state index contributed by atoms with van der Waals surface area (Å²) in [7, 11) is 0. The van der Waals surface area contributed by atoms with Crippen molar-refractivity contribution < 1.29 is 4.79 Å². The third-order valence-electron chi connectivity index (χ3n) is 3.20. The average Bonchev–Trinajstić information content (AvgIpc) is 2.36. The summed E-state index contributed by atoms with van der Waals surface area (Å²) in [5.74, 6) is 0.984. The van der Waals surface area contributed by atoms with Crippen molar-refractivity contribution in [2.24, 2.45) is 11.7 Å². The number of hydrogen-bond acceptors (Lipinski definition) is 3. The number of aryl methyl sites for hydroxylation is 1. The minimum absolute atomic E-state index is 0.0480. The van der Waals surface area contributed by atoms with E-state index in [0.29, 0.717) is 18.2 Å². The Hall–Kier alpha value is -1.00. The van der Waals surface area contributed by atoms with Gasteiger partial charge < -0.3 is 11.1 Å². The van der Waals surface area contributed by atoms with Gasteiger partial charge in [-0.05, 0) is 37.8 Å². The normalized spacial score (nSPS) is 14.1. The highest BCUT2D eigenvalue weighted by molar-refractivity contribution is 8.00. The summed E-state index contributed by atoms with van der Waals surface area (Å²) in [4.78, 5) is 13.2. The van der Waals surface area contributed by atoms with Crippen LogP contribution in [-0.4, -0.2) is 23.7 Å². The molecule has 1 unspecified atom stereocenters. The standard InChI is InChI=1S/C16H26N2OS/c1-12(2)9-16(4,11-17)18-15(19)10-20-14-8-6-5-7-13(14)3/h5-8,12H,9-11,17H2,1-4H3,(H,18,19). The number of amides is 1. The smallest absolute Gasteiger partial charge is 0.230 e. The SMILES string of the molecule is Cc1ccccc1SCC(=O)NC(C)(CN)CC(C)C. The predicted molar refractivity (Wildman–Crippen MR) is 87.0 cm³/mol. The minimum Gasteiger partial charge on any atom is -0.349 e. The first-order valence-corrected chi connectivity index (χ1v) is 8.04. The summed E-state index contributed by atoms with van der Waals surface area (Å²) in [5, 5.41) is 3.08. The van der Waals surface area contributed by atoms with Gasteiger partial charge in [0.05, 0.1) is 5.75 Å². The Kier molecular flexibility index (Phi) is 6.56. The lowest BCUT2D eigenvalue weighted by atomic mass is 9.91. The largest absolute Gasteiger partial charge is 0.349 e. The van der Waals surface area contributed by atoms with Gasteiger partial charge in [0.15, 0.2) is 0 Å². The number of nitrogens with two attached hydrogens (primary N) is 1. The van der Waals surface area contributed by atoms with Gasteiger partial charge in [0.2, 0.25) is 5.91 Å². The van der Waals surface area contributed by atoms with Crippen LogP contribution in [0.3, 0.4) is 0 Å².